The Morgan fingerprint density at radius 3 is 2.55 bits per heavy atom. The summed E-state index contributed by atoms with van der Waals surface area (Å²) in [5.41, 5.74) is 1.12. The molecule has 1 saturated heterocycles. The van der Waals surface area contributed by atoms with Gasteiger partial charge in [0.1, 0.15) is 0 Å². The Hall–Kier alpha value is -0.910. The third-order valence-electron chi connectivity index (χ3n) is 4.47. The van der Waals surface area contributed by atoms with Gasteiger partial charge in [0.2, 0.25) is 10.0 Å². The summed E-state index contributed by atoms with van der Waals surface area (Å²) in [7, 11) is -3.29. The Labute approximate surface area is 121 Å². The maximum atomic E-state index is 12.7. The topological polar surface area (TPSA) is 49.4 Å². The molecule has 110 valence electrons. The second kappa shape index (κ2) is 5.47. The van der Waals surface area contributed by atoms with Gasteiger partial charge in [0.25, 0.3) is 0 Å². The third kappa shape index (κ3) is 2.50. The van der Waals surface area contributed by atoms with Crippen molar-refractivity contribution < 1.29 is 8.42 Å². The van der Waals surface area contributed by atoms with Crippen LogP contribution in [0.1, 0.15) is 31.7 Å². The van der Waals surface area contributed by atoms with E-state index < -0.39 is 10.0 Å². The summed E-state index contributed by atoms with van der Waals surface area (Å²) in [6, 6.07) is 7.54. The van der Waals surface area contributed by atoms with Gasteiger partial charge in [-0.05, 0) is 49.4 Å². The third-order valence-corrected chi connectivity index (χ3v) is 6.40. The lowest BCUT2D eigenvalue weighted by Gasteiger charge is -2.26. The van der Waals surface area contributed by atoms with E-state index in [1.165, 1.54) is 6.42 Å². The molecular weight excluding hydrogens is 272 g/mol. The summed E-state index contributed by atoms with van der Waals surface area (Å²) < 4.78 is 27.0. The largest absolute Gasteiger partial charge is 0.313 e. The van der Waals surface area contributed by atoms with E-state index in [2.05, 4.69) is 12.2 Å². The molecule has 1 aromatic carbocycles. The molecule has 3 rings (SSSR count). The average Bonchev–Trinajstić information content (AvgIpc) is 3.08. The first-order valence-electron chi connectivity index (χ1n) is 7.42. The van der Waals surface area contributed by atoms with Crippen LogP contribution in [0.4, 0.5) is 0 Å². The number of nitrogens with zero attached hydrogens (tertiary/aromatic N) is 1. The van der Waals surface area contributed by atoms with Crippen molar-refractivity contribution in [3.8, 4) is 0 Å². The van der Waals surface area contributed by atoms with Gasteiger partial charge in [-0.2, -0.15) is 4.31 Å². The summed E-state index contributed by atoms with van der Waals surface area (Å²) in [4.78, 5) is 0.435. The minimum absolute atomic E-state index is 0.242. The number of nitrogens with one attached hydrogen (secondary N) is 1. The van der Waals surface area contributed by atoms with Crippen LogP contribution in [0, 0.1) is 5.92 Å². The molecule has 1 aromatic rings. The Morgan fingerprint density at radius 1 is 1.25 bits per heavy atom. The molecule has 20 heavy (non-hydrogen) atoms. The van der Waals surface area contributed by atoms with Gasteiger partial charge in [0, 0.05) is 19.1 Å². The predicted octanol–water partition coefficient (Wildman–Crippen LogP) is 1.97. The smallest absolute Gasteiger partial charge is 0.243 e. The fourth-order valence-electron chi connectivity index (χ4n) is 3.36. The van der Waals surface area contributed by atoms with Crippen LogP contribution in [0.2, 0.25) is 0 Å². The van der Waals surface area contributed by atoms with Crippen LogP contribution in [0.25, 0.3) is 0 Å². The van der Waals surface area contributed by atoms with Crippen molar-refractivity contribution in [2.75, 3.05) is 13.1 Å². The van der Waals surface area contributed by atoms with Crippen molar-refractivity contribution in [1.29, 1.82) is 0 Å². The number of sulfonamides is 1. The van der Waals surface area contributed by atoms with Gasteiger partial charge >= 0.3 is 0 Å². The van der Waals surface area contributed by atoms with Gasteiger partial charge in [-0.25, -0.2) is 8.42 Å². The zero-order chi connectivity index (χ0) is 14.2. The van der Waals surface area contributed by atoms with Crippen molar-refractivity contribution in [2.24, 2.45) is 5.92 Å². The molecule has 1 N–H and O–H groups in total. The molecule has 1 saturated carbocycles. The lowest BCUT2D eigenvalue weighted by molar-refractivity contribution is 0.333. The van der Waals surface area contributed by atoms with E-state index in [9.17, 15) is 8.42 Å². The van der Waals surface area contributed by atoms with Crippen LogP contribution >= 0.6 is 0 Å². The van der Waals surface area contributed by atoms with E-state index in [1.54, 1.807) is 16.4 Å². The lowest BCUT2D eigenvalue weighted by atomic mass is 10.1. The molecular formula is C15H22N2O2S. The Balaban J connectivity index is 1.77. The highest BCUT2D eigenvalue weighted by atomic mass is 32.2. The summed E-state index contributed by atoms with van der Waals surface area (Å²) in [5.74, 6) is 0.586. The molecule has 0 spiro atoms. The Kier molecular flexibility index (Phi) is 3.84. The maximum Gasteiger partial charge on any atom is 0.243 e. The van der Waals surface area contributed by atoms with Crippen LogP contribution < -0.4 is 5.32 Å². The quantitative estimate of drug-likeness (QED) is 0.903. The van der Waals surface area contributed by atoms with E-state index >= 15 is 0 Å². The predicted molar refractivity (Wildman–Crippen MR) is 78.8 cm³/mol. The fourth-order valence-corrected chi connectivity index (χ4v) is 5.10. The first-order valence-corrected chi connectivity index (χ1v) is 8.86. The fraction of sp³-hybridized carbons (Fsp3) is 0.600. The molecule has 2 bridgehead atoms. The lowest BCUT2D eigenvalue weighted by Crippen LogP contribution is -2.37. The van der Waals surface area contributed by atoms with Crippen LogP contribution in [-0.2, 0) is 16.6 Å². The summed E-state index contributed by atoms with van der Waals surface area (Å²) >= 11 is 0. The van der Waals surface area contributed by atoms with Crippen molar-refractivity contribution in [2.45, 2.75) is 43.7 Å². The SMILES string of the molecule is CCNCc1ccc(S(=O)(=O)N2CC3CCC2C3)cc1. The van der Waals surface area contributed by atoms with Crippen molar-refractivity contribution in [3.05, 3.63) is 29.8 Å². The second-order valence-corrected chi connectivity index (χ2v) is 7.72. The second-order valence-electron chi connectivity index (χ2n) is 5.83. The van der Waals surface area contributed by atoms with E-state index in [-0.39, 0.29) is 6.04 Å². The number of fused-ring (bicyclic) bond motifs is 2. The van der Waals surface area contributed by atoms with Crippen molar-refractivity contribution in [1.82, 2.24) is 9.62 Å². The molecule has 2 atom stereocenters. The molecule has 2 aliphatic rings. The molecule has 1 heterocycles. The van der Waals surface area contributed by atoms with Crippen LogP contribution in [-0.4, -0.2) is 31.9 Å². The molecule has 2 fully saturated rings. The van der Waals surface area contributed by atoms with Gasteiger partial charge in [-0.15, -0.1) is 0 Å². The van der Waals surface area contributed by atoms with E-state index in [1.807, 2.05) is 12.1 Å². The van der Waals surface area contributed by atoms with Crippen LogP contribution in [0.5, 0.6) is 0 Å². The highest BCUT2D eigenvalue weighted by molar-refractivity contribution is 7.89. The van der Waals surface area contributed by atoms with Crippen molar-refractivity contribution in [3.63, 3.8) is 0 Å². The monoisotopic (exact) mass is 294 g/mol. The van der Waals surface area contributed by atoms with Gasteiger partial charge in [-0.3, -0.25) is 0 Å². The van der Waals surface area contributed by atoms with E-state index in [4.69, 9.17) is 0 Å². The highest BCUT2D eigenvalue weighted by Gasteiger charge is 2.44. The van der Waals surface area contributed by atoms with Gasteiger partial charge in [-0.1, -0.05) is 19.1 Å². The first-order chi connectivity index (χ1) is 9.61. The van der Waals surface area contributed by atoms with Gasteiger partial charge < -0.3 is 5.32 Å². The molecule has 4 nitrogen and oxygen atoms in total. The molecule has 2 unspecified atom stereocenters. The zero-order valence-electron chi connectivity index (χ0n) is 11.9. The average molecular weight is 294 g/mol. The maximum absolute atomic E-state index is 12.7. The summed E-state index contributed by atoms with van der Waals surface area (Å²) in [5, 5.41) is 3.24. The highest BCUT2D eigenvalue weighted by Crippen LogP contribution is 2.40. The van der Waals surface area contributed by atoms with Gasteiger partial charge in [0.05, 0.1) is 4.90 Å². The Bertz CT molecular complexity index is 568. The van der Waals surface area contributed by atoms with Crippen molar-refractivity contribution >= 4 is 10.0 Å². The minimum atomic E-state index is -3.29. The molecule has 0 aromatic heterocycles. The number of benzene rings is 1. The Morgan fingerprint density at radius 2 is 2.00 bits per heavy atom. The van der Waals surface area contributed by atoms with E-state index in [0.29, 0.717) is 17.4 Å². The van der Waals surface area contributed by atoms with Gasteiger partial charge in [0.15, 0.2) is 0 Å². The standard InChI is InChI=1S/C15H22N2O2S/c1-2-16-10-12-4-7-15(8-5-12)20(18,19)17-11-13-3-6-14(17)9-13/h4-5,7-8,13-14,16H,2-3,6,9-11H2,1H3. The first kappa shape index (κ1) is 14.0. The summed E-state index contributed by atoms with van der Waals surface area (Å²) in [6.07, 6.45) is 3.28. The molecule has 0 radical (unpaired) electrons. The number of hydrogen-bond acceptors (Lipinski definition) is 3. The van der Waals surface area contributed by atoms with Crippen LogP contribution in [0.3, 0.4) is 0 Å². The van der Waals surface area contributed by atoms with E-state index in [0.717, 1.165) is 31.5 Å². The number of piperidine rings is 1. The molecule has 1 aliphatic carbocycles. The number of rotatable bonds is 5. The normalized spacial score (nSPS) is 26.2. The number of hydrogen-bond donors (Lipinski definition) is 1. The summed E-state index contributed by atoms with van der Waals surface area (Å²) in [6.45, 7) is 4.47. The van der Waals surface area contributed by atoms with Crippen LogP contribution in [0.15, 0.2) is 29.2 Å². The molecule has 5 heteroatoms. The minimum Gasteiger partial charge on any atom is -0.313 e. The molecule has 0 amide bonds. The molecule has 1 aliphatic heterocycles. The zero-order valence-corrected chi connectivity index (χ0v) is 12.7.